The number of carbonyl (C=O) groups excluding carboxylic acids is 1. The Morgan fingerprint density at radius 1 is 1.26 bits per heavy atom. The van der Waals surface area contributed by atoms with E-state index in [1.165, 1.54) is 0 Å². The van der Waals surface area contributed by atoms with Crippen LogP contribution >= 0.6 is 0 Å². The topological polar surface area (TPSA) is 76.0 Å². The zero-order valence-corrected chi connectivity index (χ0v) is 10.7. The predicted octanol–water partition coefficient (Wildman–Crippen LogP) is 0.486. The van der Waals surface area contributed by atoms with E-state index in [1.807, 2.05) is 30.3 Å². The number of benzene rings is 1. The van der Waals surface area contributed by atoms with Gasteiger partial charge in [-0.1, -0.05) is 37.3 Å². The smallest absolute Gasteiger partial charge is 0.338 e. The molecule has 0 bridgehead atoms. The second-order valence-corrected chi connectivity index (χ2v) is 4.77. The Bertz CT molecular complexity index is 419. The summed E-state index contributed by atoms with van der Waals surface area (Å²) in [6.45, 7) is 2.34. The van der Waals surface area contributed by atoms with Gasteiger partial charge in [0.2, 0.25) is 0 Å². The van der Waals surface area contributed by atoms with Crippen LogP contribution in [0.2, 0.25) is 0 Å². The minimum absolute atomic E-state index is 0.200. The molecule has 4 atom stereocenters. The summed E-state index contributed by atoms with van der Waals surface area (Å²) >= 11 is 0. The van der Waals surface area contributed by atoms with Gasteiger partial charge in [-0.05, 0) is 5.56 Å². The molecule has 104 valence electrons. The van der Waals surface area contributed by atoms with Gasteiger partial charge in [-0.15, -0.1) is 0 Å². The van der Waals surface area contributed by atoms with E-state index in [9.17, 15) is 15.0 Å². The molecule has 5 heteroatoms. The average molecular weight is 266 g/mol. The number of esters is 1. The van der Waals surface area contributed by atoms with Crippen molar-refractivity contribution in [3.63, 3.8) is 0 Å². The molecular formula is C14H18O5. The molecule has 2 rings (SSSR count). The van der Waals surface area contributed by atoms with E-state index in [4.69, 9.17) is 9.47 Å². The van der Waals surface area contributed by atoms with Crippen molar-refractivity contribution in [2.75, 3.05) is 6.61 Å². The van der Waals surface area contributed by atoms with E-state index in [1.54, 1.807) is 6.92 Å². The Morgan fingerprint density at radius 2 is 1.95 bits per heavy atom. The summed E-state index contributed by atoms with van der Waals surface area (Å²) < 4.78 is 10.5. The van der Waals surface area contributed by atoms with Crippen LogP contribution < -0.4 is 0 Å². The highest BCUT2D eigenvalue weighted by molar-refractivity contribution is 5.76. The molecule has 1 unspecified atom stereocenters. The molecule has 1 aromatic rings. The first-order valence-electron chi connectivity index (χ1n) is 6.28. The van der Waals surface area contributed by atoms with Crippen molar-refractivity contribution in [1.82, 2.24) is 0 Å². The van der Waals surface area contributed by atoms with Crippen LogP contribution in [-0.4, -0.2) is 41.1 Å². The average Bonchev–Trinajstić information content (AvgIpc) is 2.43. The highest BCUT2D eigenvalue weighted by atomic mass is 16.6. The van der Waals surface area contributed by atoms with E-state index in [2.05, 4.69) is 0 Å². The lowest BCUT2D eigenvalue weighted by Gasteiger charge is -2.35. The summed E-state index contributed by atoms with van der Waals surface area (Å²) in [4.78, 5) is 11.3. The third-order valence-corrected chi connectivity index (χ3v) is 3.35. The SMILES string of the molecule is C[C@H]1C(COCc2ccccc2)OC(=O)[C@@H](O)[C@@H]1O. The first kappa shape index (κ1) is 14.0. The van der Waals surface area contributed by atoms with Gasteiger partial charge < -0.3 is 19.7 Å². The monoisotopic (exact) mass is 266 g/mol. The standard InChI is InChI=1S/C14H18O5/c1-9-11(19-14(17)13(16)12(9)15)8-18-7-10-5-3-2-4-6-10/h2-6,9,11-13,15-16H,7-8H2,1H3/t9-,11?,12+,13-/m0/s1. The molecule has 0 saturated carbocycles. The van der Waals surface area contributed by atoms with Gasteiger partial charge in [-0.25, -0.2) is 4.79 Å². The number of aliphatic hydroxyl groups is 2. The van der Waals surface area contributed by atoms with Crippen molar-refractivity contribution in [3.05, 3.63) is 35.9 Å². The van der Waals surface area contributed by atoms with Crippen molar-refractivity contribution in [1.29, 1.82) is 0 Å². The number of ether oxygens (including phenoxy) is 2. The second-order valence-electron chi connectivity index (χ2n) is 4.77. The predicted molar refractivity (Wildman–Crippen MR) is 67.2 cm³/mol. The van der Waals surface area contributed by atoms with Crippen molar-refractivity contribution in [2.45, 2.75) is 31.8 Å². The molecule has 1 fully saturated rings. The summed E-state index contributed by atoms with van der Waals surface area (Å²) in [5.41, 5.74) is 1.03. The Morgan fingerprint density at radius 3 is 2.63 bits per heavy atom. The molecule has 0 amide bonds. The lowest BCUT2D eigenvalue weighted by atomic mass is 9.91. The molecular weight excluding hydrogens is 248 g/mol. The van der Waals surface area contributed by atoms with E-state index < -0.39 is 24.3 Å². The van der Waals surface area contributed by atoms with E-state index >= 15 is 0 Å². The van der Waals surface area contributed by atoms with Crippen LogP contribution in [0.5, 0.6) is 0 Å². The fourth-order valence-electron chi connectivity index (χ4n) is 2.03. The molecule has 0 radical (unpaired) electrons. The zero-order valence-electron chi connectivity index (χ0n) is 10.7. The molecule has 1 aliphatic rings. The molecule has 0 spiro atoms. The number of hydrogen-bond donors (Lipinski definition) is 2. The largest absolute Gasteiger partial charge is 0.458 e. The van der Waals surface area contributed by atoms with Crippen LogP contribution in [0.25, 0.3) is 0 Å². The Balaban J connectivity index is 1.84. The van der Waals surface area contributed by atoms with Gasteiger partial charge in [-0.3, -0.25) is 0 Å². The van der Waals surface area contributed by atoms with Gasteiger partial charge in [0, 0.05) is 5.92 Å². The Labute approximate surface area is 111 Å². The molecule has 0 aliphatic carbocycles. The normalized spacial score (nSPS) is 31.0. The fourth-order valence-corrected chi connectivity index (χ4v) is 2.03. The van der Waals surface area contributed by atoms with Crippen LogP contribution in [0.15, 0.2) is 30.3 Å². The maximum atomic E-state index is 11.3. The van der Waals surface area contributed by atoms with Crippen molar-refractivity contribution in [2.24, 2.45) is 5.92 Å². The lowest BCUT2D eigenvalue weighted by Crippen LogP contribution is -2.52. The van der Waals surface area contributed by atoms with Crippen LogP contribution in [0, 0.1) is 5.92 Å². The van der Waals surface area contributed by atoms with Gasteiger partial charge in [0.15, 0.2) is 6.10 Å². The number of rotatable bonds is 4. The Kier molecular flexibility index (Phi) is 4.52. The van der Waals surface area contributed by atoms with Gasteiger partial charge in [0.05, 0.1) is 19.3 Å². The molecule has 1 saturated heterocycles. The van der Waals surface area contributed by atoms with E-state index in [0.717, 1.165) is 5.56 Å². The number of carbonyl (C=O) groups is 1. The third kappa shape index (κ3) is 3.32. The number of aliphatic hydroxyl groups excluding tert-OH is 2. The Hall–Kier alpha value is -1.43. The summed E-state index contributed by atoms with van der Waals surface area (Å²) in [7, 11) is 0. The minimum Gasteiger partial charge on any atom is -0.458 e. The molecule has 1 heterocycles. The van der Waals surface area contributed by atoms with Crippen LogP contribution in [0.3, 0.4) is 0 Å². The first-order chi connectivity index (χ1) is 9.09. The van der Waals surface area contributed by atoms with Gasteiger partial charge in [-0.2, -0.15) is 0 Å². The molecule has 19 heavy (non-hydrogen) atoms. The highest BCUT2D eigenvalue weighted by Crippen LogP contribution is 2.22. The quantitative estimate of drug-likeness (QED) is 0.776. The van der Waals surface area contributed by atoms with Crippen LogP contribution in [-0.2, 0) is 20.9 Å². The van der Waals surface area contributed by atoms with E-state index in [0.29, 0.717) is 6.61 Å². The molecule has 2 N–H and O–H groups in total. The maximum Gasteiger partial charge on any atom is 0.338 e. The van der Waals surface area contributed by atoms with Gasteiger partial charge in [0.25, 0.3) is 0 Å². The first-order valence-corrected chi connectivity index (χ1v) is 6.28. The van der Waals surface area contributed by atoms with Crippen LogP contribution in [0.1, 0.15) is 12.5 Å². The number of hydrogen-bond acceptors (Lipinski definition) is 5. The van der Waals surface area contributed by atoms with Gasteiger partial charge in [0.1, 0.15) is 6.10 Å². The molecule has 0 aromatic heterocycles. The molecule has 5 nitrogen and oxygen atoms in total. The molecule has 1 aliphatic heterocycles. The highest BCUT2D eigenvalue weighted by Gasteiger charge is 2.41. The second kappa shape index (κ2) is 6.14. The molecule has 1 aromatic carbocycles. The van der Waals surface area contributed by atoms with E-state index in [-0.39, 0.29) is 12.5 Å². The van der Waals surface area contributed by atoms with Crippen molar-refractivity contribution < 1.29 is 24.5 Å². The lowest BCUT2D eigenvalue weighted by molar-refractivity contribution is -0.195. The summed E-state index contributed by atoms with van der Waals surface area (Å²) in [5, 5.41) is 19.1. The minimum atomic E-state index is -1.46. The zero-order chi connectivity index (χ0) is 13.8. The van der Waals surface area contributed by atoms with Crippen molar-refractivity contribution in [3.8, 4) is 0 Å². The summed E-state index contributed by atoms with van der Waals surface area (Å²) in [6.07, 6.45) is -3.10. The number of cyclic esters (lactones) is 1. The third-order valence-electron chi connectivity index (χ3n) is 3.35. The van der Waals surface area contributed by atoms with Gasteiger partial charge >= 0.3 is 5.97 Å². The fraction of sp³-hybridized carbons (Fsp3) is 0.500. The maximum absolute atomic E-state index is 11.3. The van der Waals surface area contributed by atoms with Crippen LogP contribution in [0.4, 0.5) is 0 Å². The summed E-state index contributed by atoms with van der Waals surface area (Å²) in [6, 6.07) is 9.64. The summed E-state index contributed by atoms with van der Waals surface area (Å²) in [5.74, 6) is -1.15. The van der Waals surface area contributed by atoms with Crippen molar-refractivity contribution >= 4 is 5.97 Å².